The molecule has 134 valence electrons. The maximum atomic E-state index is 14.6. The van der Waals surface area contributed by atoms with Gasteiger partial charge in [0.05, 0.1) is 6.04 Å². The fourth-order valence-electron chi connectivity index (χ4n) is 3.51. The fraction of sp³-hybridized carbons (Fsp3) is 0.429. The highest BCUT2D eigenvalue weighted by molar-refractivity contribution is 7.99. The molecule has 0 aliphatic carbocycles. The lowest BCUT2D eigenvalue weighted by Gasteiger charge is -2.36. The molecule has 1 nitrogen and oxygen atoms in total. The van der Waals surface area contributed by atoms with E-state index in [9.17, 15) is 8.78 Å². The van der Waals surface area contributed by atoms with Gasteiger partial charge in [-0.1, -0.05) is 51.0 Å². The summed E-state index contributed by atoms with van der Waals surface area (Å²) in [4.78, 5) is 1.18. The van der Waals surface area contributed by atoms with E-state index >= 15 is 0 Å². The third-order valence-electron chi connectivity index (χ3n) is 5.14. The van der Waals surface area contributed by atoms with E-state index in [0.29, 0.717) is 5.56 Å². The minimum atomic E-state index is -0.537. The SMILES string of the molecule is CCCC[C@]1(CC)CSc2ccccc2[C@H](c2ccc(F)cc2F)N1. The summed E-state index contributed by atoms with van der Waals surface area (Å²) in [6.07, 6.45) is 4.31. The highest BCUT2D eigenvalue weighted by Crippen LogP contribution is 2.41. The first kappa shape index (κ1) is 18.4. The molecule has 2 aromatic carbocycles. The van der Waals surface area contributed by atoms with Crippen molar-refractivity contribution in [2.45, 2.75) is 56.0 Å². The minimum Gasteiger partial charge on any atom is -0.300 e. The Hall–Kier alpha value is -1.39. The van der Waals surface area contributed by atoms with Crippen molar-refractivity contribution >= 4 is 11.8 Å². The number of hydrogen-bond donors (Lipinski definition) is 1. The van der Waals surface area contributed by atoms with Crippen LogP contribution < -0.4 is 5.32 Å². The average Bonchev–Trinajstić information content (AvgIpc) is 2.78. The number of hydrogen-bond acceptors (Lipinski definition) is 2. The van der Waals surface area contributed by atoms with Gasteiger partial charge in [0.25, 0.3) is 0 Å². The van der Waals surface area contributed by atoms with Crippen LogP contribution in [0.3, 0.4) is 0 Å². The van der Waals surface area contributed by atoms with Crippen LogP contribution in [0.15, 0.2) is 47.4 Å². The van der Waals surface area contributed by atoms with E-state index in [0.717, 1.165) is 43.1 Å². The number of halogens is 2. The van der Waals surface area contributed by atoms with E-state index in [1.807, 2.05) is 30.0 Å². The lowest BCUT2D eigenvalue weighted by atomic mass is 9.88. The summed E-state index contributed by atoms with van der Waals surface area (Å²) in [5.41, 5.74) is 1.54. The summed E-state index contributed by atoms with van der Waals surface area (Å²) in [5.74, 6) is -0.0650. The molecule has 0 aromatic heterocycles. The van der Waals surface area contributed by atoms with Gasteiger partial charge in [-0.05, 0) is 30.5 Å². The smallest absolute Gasteiger partial charge is 0.131 e. The number of fused-ring (bicyclic) bond motifs is 1. The van der Waals surface area contributed by atoms with Gasteiger partial charge in [-0.25, -0.2) is 8.78 Å². The first-order chi connectivity index (χ1) is 12.1. The second kappa shape index (κ2) is 7.88. The van der Waals surface area contributed by atoms with Gasteiger partial charge in [0, 0.05) is 27.8 Å². The van der Waals surface area contributed by atoms with Gasteiger partial charge >= 0.3 is 0 Å². The van der Waals surface area contributed by atoms with Gasteiger partial charge in [0.1, 0.15) is 11.6 Å². The Labute approximate surface area is 153 Å². The molecule has 0 bridgehead atoms. The second-order valence-electron chi connectivity index (χ2n) is 6.81. The molecule has 1 aliphatic rings. The minimum absolute atomic E-state index is 0.0504. The molecule has 25 heavy (non-hydrogen) atoms. The van der Waals surface area contributed by atoms with Crippen LogP contribution >= 0.6 is 11.8 Å². The number of rotatable bonds is 5. The van der Waals surface area contributed by atoms with Crippen LogP contribution in [0, 0.1) is 11.6 Å². The van der Waals surface area contributed by atoms with E-state index in [-0.39, 0.29) is 11.6 Å². The van der Waals surface area contributed by atoms with Gasteiger partial charge in [-0.2, -0.15) is 0 Å². The van der Waals surface area contributed by atoms with Crippen molar-refractivity contribution in [2.75, 3.05) is 5.75 Å². The Balaban J connectivity index is 2.07. The Kier molecular flexibility index (Phi) is 5.80. The molecule has 1 heterocycles. The van der Waals surface area contributed by atoms with Crippen LogP contribution in [0.2, 0.25) is 0 Å². The van der Waals surface area contributed by atoms with Crippen LogP contribution in [-0.4, -0.2) is 11.3 Å². The largest absolute Gasteiger partial charge is 0.300 e. The highest BCUT2D eigenvalue weighted by Gasteiger charge is 2.36. The van der Waals surface area contributed by atoms with Crippen molar-refractivity contribution in [3.05, 3.63) is 65.2 Å². The monoisotopic (exact) mass is 361 g/mol. The van der Waals surface area contributed by atoms with Crippen molar-refractivity contribution in [2.24, 2.45) is 0 Å². The Bertz CT molecular complexity index is 734. The Morgan fingerprint density at radius 1 is 1.12 bits per heavy atom. The molecular weight excluding hydrogens is 336 g/mol. The van der Waals surface area contributed by atoms with Crippen LogP contribution in [0.1, 0.15) is 56.7 Å². The molecule has 0 radical (unpaired) electrons. The van der Waals surface area contributed by atoms with Gasteiger partial charge in [-0.3, -0.25) is 5.32 Å². The van der Waals surface area contributed by atoms with Crippen molar-refractivity contribution in [1.29, 1.82) is 0 Å². The van der Waals surface area contributed by atoms with E-state index in [2.05, 4.69) is 25.2 Å². The lowest BCUT2D eigenvalue weighted by molar-refractivity contribution is 0.295. The molecule has 0 fully saturated rings. The molecule has 1 aliphatic heterocycles. The maximum Gasteiger partial charge on any atom is 0.131 e. The van der Waals surface area contributed by atoms with Crippen molar-refractivity contribution in [1.82, 2.24) is 5.32 Å². The second-order valence-corrected chi connectivity index (χ2v) is 7.82. The Morgan fingerprint density at radius 3 is 2.64 bits per heavy atom. The summed E-state index contributed by atoms with van der Waals surface area (Å²) in [6, 6.07) is 11.8. The van der Waals surface area contributed by atoms with Crippen molar-refractivity contribution < 1.29 is 8.78 Å². The number of unbranched alkanes of at least 4 members (excludes halogenated alkanes) is 1. The van der Waals surface area contributed by atoms with E-state index in [1.54, 1.807) is 6.07 Å². The summed E-state index contributed by atoms with van der Waals surface area (Å²) in [5, 5.41) is 3.76. The topological polar surface area (TPSA) is 12.0 Å². The van der Waals surface area contributed by atoms with Crippen molar-refractivity contribution in [3.63, 3.8) is 0 Å². The highest BCUT2D eigenvalue weighted by atomic mass is 32.2. The molecule has 4 heteroatoms. The van der Waals surface area contributed by atoms with Crippen LogP contribution in [0.4, 0.5) is 8.78 Å². The molecule has 0 saturated heterocycles. The quantitative estimate of drug-likeness (QED) is 0.692. The van der Waals surface area contributed by atoms with Gasteiger partial charge in [0.2, 0.25) is 0 Å². The van der Waals surface area contributed by atoms with E-state index in [4.69, 9.17) is 0 Å². The Morgan fingerprint density at radius 2 is 1.92 bits per heavy atom. The molecule has 2 aromatic rings. The predicted octanol–water partition coefficient (Wildman–Crippen LogP) is 6.09. The average molecular weight is 362 g/mol. The first-order valence-corrected chi connectivity index (χ1v) is 10.0. The van der Waals surface area contributed by atoms with Crippen LogP contribution in [0.5, 0.6) is 0 Å². The number of benzene rings is 2. The third kappa shape index (κ3) is 3.90. The predicted molar refractivity (Wildman–Crippen MR) is 101 cm³/mol. The normalized spacial score (nSPS) is 23.1. The van der Waals surface area contributed by atoms with Gasteiger partial charge in [0.15, 0.2) is 0 Å². The molecule has 3 rings (SSSR count). The van der Waals surface area contributed by atoms with Crippen molar-refractivity contribution in [3.8, 4) is 0 Å². The zero-order chi connectivity index (χ0) is 17.9. The molecule has 0 unspecified atom stereocenters. The maximum absolute atomic E-state index is 14.6. The summed E-state index contributed by atoms with van der Waals surface area (Å²) < 4.78 is 28.0. The number of nitrogens with one attached hydrogen (secondary N) is 1. The van der Waals surface area contributed by atoms with Gasteiger partial charge in [-0.15, -0.1) is 11.8 Å². The molecule has 0 saturated carbocycles. The first-order valence-electron chi connectivity index (χ1n) is 9.03. The van der Waals surface area contributed by atoms with Crippen LogP contribution in [-0.2, 0) is 0 Å². The summed E-state index contributed by atoms with van der Waals surface area (Å²) in [7, 11) is 0. The molecule has 2 atom stereocenters. The fourth-order valence-corrected chi connectivity index (χ4v) is 4.90. The lowest BCUT2D eigenvalue weighted by Crippen LogP contribution is -2.48. The summed E-state index contributed by atoms with van der Waals surface area (Å²) in [6.45, 7) is 4.39. The van der Waals surface area contributed by atoms with E-state index in [1.165, 1.54) is 11.0 Å². The number of thioether (sulfide) groups is 1. The molecule has 1 N–H and O–H groups in total. The molecular formula is C21H25F2NS. The standard InChI is InChI=1S/C21H25F2NS/c1-3-5-12-21(4-2)14-25-19-9-7-6-8-17(19)20(24-21)16-11-10-15(22)13-18(16)23/h6-11,13,20,24H,3-5,12,14H2,1-2H3/t20-,21+/m0/s1. The zero-order valence-electron chi connectivity index (χ0n) is 14.8. The molecule has 0 spiro atoms. The summed E-state index contributed by atoms with van der Waals surface area (Å²) >= 11 is 1.84. The van der Waals surface area contributed by atoms with Crippen LogP contribution in [0.25, 0.3) is 0 Å². The van der Waals surface area contributed by atoms with Gasteiger partial charge < -0.3 is 0 Å². The third-order valence-corrected chi connectivity index (χ3v) is 6.52. The molecule has 0 amide bonds. The zero-order valence-corrected chi connectivity index (χ0v) is 15.6. The van der Waals surface area contributed by atoms with E-state index < -0.39 is 11.6 Å².